The molecule has 2 aromatic carbocycles. The summed E-state index contributed by atoms with van der Waals surface area (Å²) in [5.74, 6) is -1.38. The maximum absolute atomic E-state index is 12.8. The van der Waals surface area contributed by atoms with Crippen molar-refractivity contribution >= 4 is 40.9 Å². The lowest BCUT2D eigenvalue weighted by Gasteiger charge is -2.25. The summed E-state index contributed by atoms with van der Waals surface area (Å²) in [6.07, 6.45) is 2.42. The molecule has 2 aromatic rings. The number of hydrogen-bond acceptors (Lipinski definition) is 5. The van der Waals surface area contributed by atoms with Gasteiger partial charge in [-0.3, -0.25) is 19.3 Å². The molecule has 1 heterocycles. The predicted molar refractivity (Wildman–Crippen MR) is 115 cm³/mol. The Bertz CT molecular complexity index is 1030. The number of ether oxygens (including phenoxy) is 1. The number of fused-ring (bicyclic) bond motifs is 1. The summed E-state index contributed by atoms with van der Waals surface area (Å²) in [5, 5.41) is 0.511. The van der Waals surface area contributed by atoms with Crippen LogP contribution < -0.4 is 4.90 Å². The number of carbonyl (C=O) groups excluding carboxylic acids is 4. The van der Waals surface area contributed by atoms with E-state index < -0.39 is 12.6 Å². The number of amides is 2. The Morgan fingerprint density at radius 1 is 0.935 bits per heavy atom. The fourth-order valence-electron chi connectivity index (χ4n) is 4.32. The predicted octanol–water partition coefficient (Wildman–Crippen LogP) is 4.31. The molecule has 2 amide bonds. The molecule has 6 nitrogen and oxygen atoms in total. The number of nitrogens with zero attached hydrogens (tertiary/aromatic N) is 1. The highest BCUT2D eigenvalue weighted by Gasteiger charge is 2.49. The minimum absolute atomic E-state index is 0.161. The van der Waals surface area contributed by atoms with Crippen molar-refractivity contribution in [2.45, 2.75) is 26.2 Å². The van der Waals surface area contributed by atoms with Gasteiger partial charge in [0.1, 0.15) is 0 Å². The number of anilines is 1. The van der Waals surface area contributed by atoms with Crippen LogP contribution in [0, 0.1) is 17.8 Å². The number of carbonyl (C=O) groups is 4. The molecule has 0 spiro atoms. The van der Waals surface area contributed by atoms with Crippen LogP contribution in [0.4, 0.5) is 5.69 Å². The van der Waals surface area contributed by atoms with Crippen LogP contribution in [-0.4, -0.2) is 30.2 Å². The maximum atomic E-state index is 12.8. The summed E-state index contributed by atoms with van der Waals surface area (Å²) in [6.45, 7) is 1.71. The van der Waals surface area contributed by atoms with Crippen LogP contribution in [-0.2, 0) is 14.3 Å². The SMILES string of the molecule is CC1CCC2C(=O)N(c3ccc(C(=O)OCC(=O)c4ccc(Cl)cc4)cc3)C(=O)C2C1. The van der Waals surface area contributed by atoms with E-state index in [0.29, 0.717) is 22.2 Å². The number of Topliss-reactive ketones (excluding diaryl/α,β-unsaturated/α-hetero) is 1. The van der Waals surface area contributed by atoms with Crippen molar-refractivity contribution in [2.24, 2.45) is 17.8 Å². The summed E-state index contributed by atoms with van der Waals surface area (Å²) in [7, 11) is 0. The van der Waals surface area contributed by atoms with Crippen LogP contribution in [0.25, 0.3) is 0 Å². The molecule has 2 aliphatic rings. The summed E-state index contributed by atoms with van der Waals surface area (Å²) in [6, 6.07) is 12.4. The molecule has 3 unspecified atom stereocenters. The number of hydrogen-bond donors (Lipinski definition) is 0. The molecular weight excluding hydrogens is 418 g/mol. The van der Waals surface area contributed by atoms with E-state index in [0.717, 1.165) is 19.3 Å². The average molecular weight is 440 g/mol. The number of imide groups is 1. The molecule has 2 fully saturated rings. The normalized spacial score (nSPS) is 22.9. The van der Waals surface area contributed by atoms with Crippen LogP contribution >= 0.6 is 11.6 Å². The van der Waals surface area contributed by atoms with E-state index in [1.54, 1.807) is 36.4 Å². The third kappa shape index (κ3) is 4.26. The van der Waals surface area contributed by atoms with Gasteiger partial charge >= 0.3 is 5.97 Å². The number of halogens is 1. The van der Waals surface area contributed by atoms with E-state index in [1.165, 1.54) is 17.0 Å². The van der Waals surface area contributed by atoms with Crippen LogP contribution in [0.3, 0.4) is 0 Å². The fraction of sp³-hybridized carbons (Fsp3) is 0.333. The van der Waals surface area contributed by atoms with Gasteiger partial charge in [0.2, 0.25) is 11.8 Å². The second-order valence-corrected chi connectivity index (χ2v) is 8.63. The first-order valence-electron chi connectivity index (χ1n) is 10.3. The average Bonchev–Trinajstić information content (AvgIpc) is 3.02. The molecule has 1 aliphatic heterocycles. The topological polar surface area (TPSA) is 80.8 Å². The van der Waals surface area contributed by atoms with E-state index in [9.17, 15) is 19.2 Å². The van der Waals surface area contributed by atoms with Gasteiger partial charge < -0.3 is 4.74 Å². The monoisotopic (exact) mass is 439 g/mol. The highest BCUT2D eigenvalue weighted by atomic mass is 35.5. The van der Waals surface area contributed by atoms with Gasteiger partial charge in [-0.1, -0.05) is 18.5 Å². The Morgan fingerprint density at radius 2 is 1.55 bits per heavy atom. The largest absolute Gasteiger partial charge is 0.454 e. The number of esters is 1. The van der Waals surface area contributed by atoms with Gasteiger partial charge in [0, 0.05) is 10.6 Å². The van der Waals surface area contributed by atoms with Crippen molar-refractivity contribution in [3.63, 3.8) is 0 Å². The zero-order valence-electron chi connectivity index (χ0n) is 17.0. The minimum Gasteiger partial charge on any atom is -0.454 e. The molecule has 3 atom stereocenters. The van der Waals surface area contributed by atoms with Crippen molar-refractivity contribution in [1.82, 2.24) is 0 Å². The lowest BCUT2D eigenvalue weighted by molar-refractivity contribution is -0.122. The van der Waals surface area contributed by atoms with Crippen molar-refractivity contribution < 1.29 is 23.9 Å². The fourth-order valence-corrected chi connectivity index (χ4v) is 4.45. The quantitative estimate of drug-likeness (QED) is 0.394. The second kappa shape index (κ2) is 8.63. The third-order valence-electron chi connectivity index (χ3n) is 6.05. The van der Waals surface area contributed by atoms with Crippen LogP contribution in [0.1, 0.15) is 46.9 Å². The van der Waals surface area contributed by atoms with Crippen LogP contribution in [0.15, 0.2) is 48.5 Å². The Balaban J connectivity index is 1.40. The van der Waals surface area contributed by atoms with Crippen molar-refractivity contribution in [3.05, 3.63) is 64.7 Å². The number of ketones is 1. The van der Waals surface area contributed by atoms with E-state index in [1.807, 2.05) is 0 Å². The van der Waals surface area contributed by atoms with Gasteiger partial charge in [0.05, 0.1) is 23.1 Å². The maximum Gasteiger partial charge on any atom is 0.338 e. The zero-order chi connectivity index (χ0) is 22.1. The van der Waals surface area contributed by atoms with Gasteiger partial charge in [-0.15, -0.1) is 0 Å². The summed E-state index contributed by atoms with van der Waals surface area (Å²) in [5.41, 5.74) is 1.08. The van der Waals surface area contributed by atoms with Crippen LogP contribution in [0.5, 0.6) is 0 Å². The van der Waals surface area contributed by atoms with E-state index in [-0.39, 0.29) is 35.0 Å². The summed E-state index contributed by atoms with van der Waals surface area (Å²) in [4.78, 5) is 51.3. The Labute approximate surface area is 185 Å². The van der Waals surface area contributed by atoms with Crippen molar-refractivity contribution in [2.75, 3.05) is 11.5 Å². The number of rotatable bonds is 5. The molecule has 0 aromatic heterocycles. The standard InChI is InChI=1S/C24H22ClNO5/c1-14-2-11-19-20(12-14)23(29)26(22(19)28)18-9-5-16(6-10-18)24(30)31-13-21(27)15-3-7-17(25)8-4-15/h3-10,14,19-20H,2,11-13H2,1H3. The van der Waals surface area contributed by atoms with Gasteiger partial charge in [0.15, 0.2) is 12.4 Å². The first-order chi connectivity index (χ1) is 14.8. The zero-order valence-corrected chi connectivity index (χ0v) is 17.8. The molecule has 1 aliphatic carbocycles. The second-order valence-electron chi connectivity index (χ2n) is 8.20. The smallest absolute Gasteiger partial charge is 0.338 e. The molecule has 160 valence electrons. The molecule has 4 rings (SSSR count). The van der Waals surface area contributed by atoms with E-state index in [4.69, 9.17) is 16.3 Å². The molecular formula is C24H22ClNO5. The van der Waals surface area contributed by atoms with Crippen molar-refractivity contribution in [3.8, 4) is 0 Å². The Kier molecular flexibility index (Phi) is 5.92. The first kappa shape index (κ1) is 21.2. The molecule has 1 saturated carbocycles. The molecule has 0 bridgehead atoms. The summed E-state index contributed by atoms with van der Waals surface area (Å²) < 4.78 is 5.10. The Morgan fingerprint density at radius 3 is 2.23 bits per heavy atom. The molecule has 7 heteroatoms. The van der Waals surface area contributed by atoms with E-state index >= 15 is 0 Å². The molecule has 1 saturated heterocycles. The highest BCUT2D eigenvalue weighted by molar-refractivity contribution is 6.30. The minimum atomic E-state index is -0.657. The van der Waals surface area contributed by atoms with Gasteiger partial charge in [-0.05, 0) is 73.7 Å². The van der Waals surface area contributed by atoms with Crippen LogP contribution in [0.2, 0.25) is 5.02 Å². The molecule has 0 radical (unpaired) electrons. The van der Waals surface area contributed by atoms with Gasteiger partial charge in [0.25, 0.3) is 0 Å². The lowest BCUT2D eigenvalue weighted by atomic mass is 9.76. The van der Waals surface area contributed by atoms with E-state index in [2.05, 4.69) is 6.92 Å². The highest BCUT2D eigenvalue weighted by Crippen LogP contribution is 2.42. The third-order valence-corrected chi connectivity index (χ3v) is 6.30. The lowest BCUT2D eigenvalue weighted by Crippen LogP contribution is -2.30. The van der Waals surface area contributed by atoms with Crippen molar-refractivity contribution in [1.29, 1.82) is 0 Å². The van der Waals surface area contributed by atoms with Gasteiger partial charge in [-0.25, -0.2) is 4.79 Å². The Hall–Kier alpha value is -2.99. The number of benzene rings is 2. The molecule has 0 N–H and O–H groups in total. The first-order valence-corrected chi connectivity index (χ1v) is 10.7. The molecule has 31 heavy (non-hydrogen) atoms. The summed E-state index contributed by atoms with van der Waals surface area (Å²) >= 11 is 5.80. The van der Waals surface area contributed by atoms with Gasteiger partial charge in [-0.2, -0.15) is 0 Å².